The van der Waals surface area contributed by atoms with E-state index in [0.29, 0.717) is 19.3 Å². The van der Waals surface area contributed by atoms with E-state index in [4.69, 9.17) is 20.3 Å². The minimum Gasteiger partial charge on any atom is -0.384 e. The zero-order chi connectivity index (χ0) is 15.2. The average Bonchev–Trinajstić information content (AvgIpc) is 2.82. The van der Waals surface area contributed by atoms with Crippen LogP contribution in [0.15, 0.2) is 17.3 Å². The van der Waals surface area contributed by atoms with Gasteiger partial charge in [0.2, 0.25) is 6.41 Å². The van der Waals surface area contributed by atoms with Crippen LogP contribution in [0.3, 0.4) is 0 Å². The van der Waals surface area contributed by atoms with E-state index in [1.165, 1.54) is 6.08 Å². The highest BCUT2D eigenvalue weighted by Crippen LogP contribution is 2.37. The maximum atomic E-state index is 10.6. The van der Waals surface area contributed by atoms with E-state index in [-0.39, 0.29) is 24.8 Å². The van der Waals surface area contributed by atoms with Crippen molar-refractivity contribution in [2.45, 2.75) is 25.2 Å². The van der Waals surface area contributed by atoms with Crippen molar-refractivity contribution < 1.29 is 28.4 Å². The molecule has 0 aromatic carbocycles. The number of amides is 1. The van der Waals surface area contributed by atoms with Crippen molar-refractivity contribution in [2.75, 3.05) is 13.7 Å². The normalized spacial score (nSPS) is 24.2. The van der Waals surface area contributed by atoms with E-state index in [1.807, 2.05) is 0 Å². The van der Waals surface area contributed by atoms with Crippen LogP contribution >= 0.6 is 7.82 Å². The zero-order valence-corrected chi connectivity index (χ0v) is 11.8. The second-order valence-corrected chi connectivity index (χ2v) is 5.46. The lowest BCUT2D eigenvalue weighted by Crippen LogP contribution is -2.28. The van der Waals surface area contributed by atoms with E-state index in [1.54, 1.807) is 18.1 Å². The molecular weight excluding hydrogens is 289 g/mol. The van der Waals surface area contributed by atoms with Crippen LogP contribution in [0.1, 0.15) is 12.8 Å². The van der Waals surface area contributed by atoms with Crippen LogP contribution in [0.4, 0.5) is 0 Å². The molecule has 0 bridgehead atoms. The molecule has 9 nitrogen and oxygen atoms in total. The van der Waals surface area contributed by atoms with Gasteiger partial charge in [-0.2, -0.15) is 4.99 Å². The van der Waals surface area contributed by atoms with Gasteiger partial charge in [0.05, 0.1) is 12.7 Å². The van der Waals surface area contributed by atoms with Gasteiger partial charge in [-0.15, -0.1) is 0 Å². The number of nitrogens with two attached hydrogens (primary N) is 1. The Morgan fingerprint density at radius 2 is 2.30 bits per heavy atom. The van der Waals surface area contributed by atoms with Crippen molar-refractivity contribution in [1.29, 1.82) is 0 Å². The number of rotatable bonds is 7. The Morgan fingerprint density at radius 3 is 2.90 bits per heavy atom. The van der Waals surface area contributed by atoms with E-state index in [0.717, 1.165) is 0 Å². The molecule has 10 heteroatoms. The molecule has 0 aromatic heterocycles. The molecule has 1 saturated heterocycles. The third kappa shape index (κ3) is 6.27. The Labute approximate surface area is 116 Å². The van der Waals surface area contributed by atoms with Crippen molar-refractivity contribution in [3.8, 4) is 0 Å². The lowest BCUT2D eigenvalue weighted by molar-refractivity contribution is -0.106. The van der Waals surface area contributed by atoms with Crippen LogP contribution in [0, 0.1) is 0 Å². The molecule has 2 unspecified atom stereocenters. The minimum atomic E-state index is -4.47. The van der Waals surface area contributed by atoms with Crippen LogP contribution in [0.5, 0.6) is 0 Å². The van der Waals surface area contributed by atoms with Crippen LogP contribution in [-0.2, 0) is 18.6 Å². The summed E-state index contributed by atoms with van der Waals surface area (Å²) in [4.78, 5) is 32.4. The molecule has 20 heavy (non-hydrogen) atoms. The summed E-state index contributed by atoms with van der Waals surface area (Å²) < 4.78 is 20.5. The number of ether oxygens (including phenoxy) is 1. The summed E-state index contributed by atoms with van der Waals surface area (Å²) in [6.07, 6.45) is 4.10. The fourth-order valence-electron chi connectivity index (χ4n) is 1.68. The van der Waals surface area contributed by atoms with Gasteiger partial charge in [0.1, 0.15) is 12.1 Å². The van der Waals surface area contributed by atoms with Crippen LogP contribution in [0.25, 0.3) is 0 Å². The summed E-state index contributed by atoms with van der Waals surface area (Å²) in [5.74, 6) is 0.0752. The topological polar surface area (TPSA) is 135 Å². The zero-order valence-electron chi connectivity index (χ0n) is 11.0. The van der Waals surface area contributed by atoms with Crippen molar-refractivity contribution in [2.24, 2.45) is 10.7 Å². The van der Waals surface area contributed by atoms with Gasteiger partial charge in [0.25, 0.3) is 0 Å². The maximum absolute atomic E-state index is 10.6. The largest absolute Gasteiger partial charge is 0.469 e. The second-order valence-electron chi connectivity index (χ2n) is 4.22. The number of amidine groups is 1. The number of nitrogens with zero attached hydrogens (tertiary/aromatic N) is 2. The first-order valence-corrected chi connectivity index (χ1v) is 7.37. The molecule has 1 aliphatic rings. The Balaban J connectivity index is 2.41. The van der Waals surface area contributed by atoms with Crippen LogP contribution in [-0.4, -0.2) is 52.9 Å². The van der Waals surface area contributed by atoms with E-state index < -0.39 is 7.82 Å². The highest BCUT2D eigenvalue weighted by Gasteiger charge is 2.29. The number of hydrogen-bond donors (Lipinski definition) is 3. The van der Waals surface area contributed by atoms with Gasteiger partial charge in [0, 0.05) is 13.2 Å². The smallest absolute Gasteiger partial charge is 0.384 e. The number of phosphoric ester groups is 1. The Bertz CT molecular complexity index is 435. The van der Waals surface area contributed by atoms with Crippen molar-refractivity contribution in [1.82, 2.24) is 4.90 Å². The first-order valence-electron chi connectivity index (χ1n) is 5.84. The lowest BCUT2D eigenvalue weighted by Gasteiger charge is -2.22. The van der Waals surface area contributed by atoms with Crippen molar-refractivity contribution in [3.05, 3.63) is 12.3 Å². The molecule has 1 rings (SSSR count). The first-order chi connectivity index (χ1) is 9.31. The molecule has 4 N–H and O–H groups in total. The van der Waals surface area contributed by atoms with Gasteiger partial charge in [-0.3, -0.25) is 9.32 Å². The average molecular weight is 307 g/mol. The highest BCUT2D eigenvalue weighted by atomic mass is 31.2. The van der Waals surface area contributed by atoms with Crippen molar-refractivity contribution in [3.63, 3.8) is 0 Å². The van der Waals surface area contributed by atoms with E-state index >= 15 is 0 Å². The third-order valence-electron chi connectivity index (χ3n) is 2.65. The van der Waals surface area contributed by atoms with Gasteiger partial charge < -0.3 is 25.2 Å². The highest BCUT2D eigenvalue weighted by molar-refractivity contribution is 7.46. The standard InChI is InChI=1S/C10H18N3O6P/c1-13(5-4-9(11)12-7-14)10-3-2-8(19-10)6-18-20(15,16)17/h4-5,7-8,10H,2-3,6H2,1H3,(H2,11,12,14)(H2,15,16,17)/b5-4-. The molecule has 1 amide bonds. The molecule has 114 valence electrons. The summed E-state index contributed by atoms with van der Waals surface area (Å²) in [6, 6.07) is 0. The molecular formula is C10H18N3O6P. The number of carbonyl (C=O) groups excluding carboxylic acids is 1. The van der Waals surface area contributed by atoms with Crippen LogP contribution in [0.2, 0.25) is 0 Å². The predicted octanol–water partition coefficient (Wildman–Crippen LogP) is -0.440. The lowest BCUT2D eigenvalue weighted by atomic mass is 10.2. The SMILES string of the molecule is CN(/C=C\C(N)=N/C=O)C1CCC(COP(=O)(O)O)O1. The quantitative estimate of drug-likeness (QED) is 0.249. The molecule has 0 spiro atoms. The second kappa shape index (κ2) is 7.51. The van der Waals surface area contributed by atoms with Crippen LogP contribution < -0.4 is 5.73 Å². The molecule has 1 aliphatic heterocycles. The summed E-state index contributed by atoms with van der Waals surface area (Å²) in [5.41, 5.74) is 5.41. The van der Waals surface area contributed by atoms with Crippen molar-refractivity contribution >= 4 is 20.1 Å². The summed E-state index contributed by atoms with van der Waals surface area (Å²) in [7, 11) is -2.72. The summed E-state index contributed by atoms with van der Waals surface area (Å²) >= 11 is 0. The fourth-order valence-corrected chi connectivity index (χ4v) is 2.04. The monoisotopic (exact) mass is 307 g/mol. The first kappa shape index (κ1) is 16.8. The maximum Gasteiger partial charge on any atom is 0.469 e. The van der Waals surface area contributed by atoms with Gasteiger partial charge in [0.15, 0.2) is 0 Å². The fraction of sp³-hybridized carbons (Fsp3) is 0.600. The summed E-state index contributed by atoms with van der Waals surface area (Å²) in [6.45, 7) is -0.160. The number of aliphatic imine (C=N–C) groups is 1. The molecule has 0 saturated carbocycles. The molecule has 2 atom stereocenters. The molecule has 1 fully saturated rings. The Kier molecular flexibility index (Phi) is 6.31. The molecule has 0 radical (unpaired) electrons. The Hall–Kier alpha value is -1.25. The van der Waals surface area contributed by atoms with Gasteiger partial charge in [-0.05, 0) is 18.9 Å². The molecule has 0 aromatic rings. The number of hydrogen-bond acceptors (Lipinski definition) is 5. The number of phosphoric acid groups is 1. The van der Waals surface area contributed by atoms with Gasteiger partial charge in [-0.25, -0.2) is 4.57 Å². The van der Waals surface area contributed by atoms with Gasteiger partial charge >= 0.3 is 7.82 Å². The minimum absolute atomic E-state index is 0.0752. The van der Waals surface area contributed by atoms with Gasteiger partial charge in [-0.1, -0.05) is 0 Å². The molecule has 1 heterocycles. The number of carbonyl (C=O) groups is 1. The predicted molar refractivity (Wildman–Crippen MR) is 70.5 cm³/mol. The summed E-state index contributed by atoms with van der Waals surface area (Å²) in [5, 5.41) is 0. The Morgan fingerprint density at radius 1 is 1.60 bits per heavy atom. The third-order valence-corrected chi connectivity index (χ3v) is 3.14. The molecule has 0 aliphatic carbocycles. The van der Waals surface area contributed by atoms with E-state index in [9.17, 15) is 9.36 Å². The van der Waals surface area contributed by atoms with E-state index in [2.05, 4.69) is 9.52 Å².